The van der Waals surface area contributed by atoms with E-state index in [1.807, 2.05) is 6.07 Å². The normalized spacial score (nSPS) is 15.1. The molecule has 0 saturated carbocycles. The number of methoxy groups -OCH3 is 1. The first-order valence-electron chi connectivity index (χ1n) is 10.6. The standard InChI is InChI=1S/C23H31N3O4S/c1-30-22-12-11-19(18-23(22)31(24,28)29)21(27)10-6-3-7-13-25-14-16-26(17-15-25)20-8-4-2-5-9-20/h2,4-5,8-9,11-12,18H,3,6-7,10,13-17H2,1H3,(H2,24,28,29). The van der Waals surface area contributed by atoms with Crippen molar-refractivity contribution in [1.82, 2.24) is 4.90 Å². The van der Waals surface area contributed by atoms with Crippen molar-refractivity contribution in [3.8, 4) is 5.75 Å². The monoisotopic (exact) mass is 445 g/mol. The Balaban J connectivity index is 1.38. The Labute approximate surface area is 184 Å². The van der Waals surface area contributed by atoms with Gasteiger partial charge in [-0.05, 0) is 49.7 Å². The first kappa shape index (κ1) is 23.2. The zero-order valence-corrected chi connectivity index (χ0v) is 18.8. The number of anilines is 1. The number of sulfonamides is 1. The molecule has 0 aliphatic carbocycles. The number of benzene rings is 2. The van der Waals surface area contributed by atoms with Crippen LogP contribution in [-0.4, -0.2) is 58.9 Å². The first-order valence-corrected chi connectivity index (χ1v) is 12.2. The molecule has 0 unspecified atom stereocenters. The van der Waals surface area contributed by atoms with E-state index in [2.05, 4.69) is 34.1 Å². The highest BCUT2D eigenvalue weighted by Gasteiger charge is 2.19. The van der Waals surface area contributed by atoms with Gasteiger partial charge in [-0.25, -0.2) is 13.6 Å². The molecule has 2 N–H and O–H groups in total. The van der Waals surface area contributed by atoms with Crippen LogP contribution in [0.25, 0.3) is 0 Å². The van der Waals surface area contributed by atoms with E-state index in [4.69, 9.17) is 9.88 Å². The molecule has 2 aromatic carbocycles. The maximum atomic E-state index is 12.5. The van der Waals surface area contributed by atoms with Crippen LogP contribution in [-0.2, 0) is 10.0 Å². The first-order chi connectivity index (χ1) is 14.9. The Bertz CT molecular complexity index is 972. The fourth-order valence-electron chi connectivity index (χ4n) is 3.88. The second-order valence-corrected chi connectivity index (χ2v) is 9.34. The molecule has 0 atom stereocenters. The van der Waals surface area contributed by atoms with Gasteiger partial charge in [-0.15, -0.1) is 0 Å². The topological polar surface area (TPSA) is 92.9 Å². The van der Waals surface area contributed by atoms with Gasteiger partial charge in [0, 0.05) is 43.9 Å². The number of carbonyl (C=O) groups excluding carboxylic acids is 1. The molecule has 7 nitrogen and oxygen atoms in total. The number of carbonyl (C=O) groups is 1. The molecule has 0 amide bonds. The lowest BCUT2D eigenvalue weighted by molar-refractivity contribution is 0.0978. The maximum absolute atomic E-state index is 12.5. The summed E-state index contributed by atoms with van der Waals surface area (Å²) >= 11 is 0. The molecule has 1 aliphatic heterocycles. The highest BCUT2D eigenvalue weighted by atomic mass is 32.2. The van der Waals surface area contributed by atoms with E-state index >= 15 is 0 Å². The quantitative estimate of drug-likeness (QED) is 0.447. The molecule has 3 rings (SSSR count). The number of piperazine rings is 1. The minimum absolute atomic E-state index is 0.0796. The smallest absolute Gasteiger partial charge is 0.241 e. The number of hydrogen-bond acceptors (Lipinski definition) is 6. The fraction of sp³-hybridized carbons (Fsp3) is 0.435. The van der Waals surface area contributed by atoms with Crippen LogP contribution in [0.3, 0.4) is 0 Å². The van der Waals surface area contributed by atoms with E-state index in [0.29, 0.717) is 12.0 Å². The molecule has 8 heteroatoms. The molecule has 0 aromatic heterocycles. The lowest BCUT2D eigenvalue weighted by atomic mass is 10.0. The number of hydrogen-bond donors (Lipinski definition) is 1. The van der Waals surface area contributed by atoms with Crippen molar-refractivity contribution in [2.45, 2.75) is 30.6 Å². The number of Topliss-reactive ketones (excluding diaryl/α,β-unsaturated/α-hetero) is 1. The van der Waals surface area contributed by atoms with Gasteiger partial charge >= 0.3 is 0 Å². The van der Waals surface area contributed by atoms with Gasteiger partial charge < -0.3 is 9.64 Å². The summed E-state index contributed by atoms with van der Waals surface area (Å²) in [5.74, 6) is 0.0652. The van der Waals surface area contributed by atoms with Gasteiger partial charge in [-0.3, -0.25) is 9.69 Å². The zero-order valence-electron chi connectivity index (χ0n) is 18.0. The minimum atomic E-state index is -3.95. The molecule has 2 aromatic rings. The number of nitrogens with zero attached hydrogens (tertiary/aromatic N) is 2. The molecule has 0 bridgehead atoms. The van der Waals surface area contributed by atoms with Crippen LogP contribution in [0.2, 0.25) is 0 Å². The largest absolute Gasteiger partial charge is 0.495 e. The molecule has 31 heavy (non-hydrogen) atoms. The second-order valence-electron chi connectivity index (χ2n) is 7.81. The van der Waals surface area contributed by atoms with Crippen LogP contribution in [0.4, 0.5) is 5.69 Å². The van der Waals surface area contributed by atoms with Crippen LogP contribution in [0.1, 0.15) is 36.0 Å². The third-order valence-electron chi connectivity index (χ3n) is 5.66. The Morgan fingerprint density at radius 1 is 1.00 bits per heavy atom. The third kappa shape index (κ3) is 6.53. The zero-order chi connectivity index (χ0) is 22.3. The second kappa shape index (κ2) is 10.7. The van der Waals surface area contributed by atoms with E-state index in [1.165, 1.54) is 24.9 Å². The highest BCUT2D eigenvalue weighted by Crippen LogP contribution is 2.24. The van der Waals surface area contributed by atoms with Crippen molar-refractivity contribution in [3.63, 3.8) is 0 Å². The summed E-state index contributed by atoms with van der Waals surface area (Å²) in [6, 6.07) is 14.9. The number of unbranched alkanes of at least 4 members (excludes halogenated alkanes) is 2. The van der Waals surface area contributed by atoms with Gasteiger partial charge in [-0.1, -0.05) is 24.6 Å². The third-order valence-corrected chi connectivity index (χ3v) is 6.60. The Morgan fingerprint density at radius 3 is 2.35 bits per heavy atom. The van der Waals surface area contributed by atoms with Gasteiger partial charge in [0.05, 0.1) is 7.11 Å². The lowest BCUT2D eigenvalue weighted by Gasteiger charge is -2.36. The summed E-state index contributed by atoms with van der Waals surface area (Å²) in [5.41, 5.74) is 1.63. The number of primary sulfonamides is 1. The predicted molar refractivity (Wildman–Crippen MR) is 122 cm³/mol. The lowest BCUT2D eigenvalue weighted by Crippen LogP contribution is -2.46. The number of ketones is 1. The predicted octanol–water partition coefficient (Wildman–Crippen LogP) is 2.91. The van der Waals surface area contributed by atoms with Crippen molar-refractivity contribution in [3.05, 3.63) is 54.1 Å². The van der Waals surface area contributed by atoms with Gasteiger partial charge in [0.1, 0.15) is 10.6 Å². The van der Waals surface area contributed by atoms with Gasteiger partial charge in [-0.2, -0.15) is 0 Å². The molecule has 0 spiro atoms. The number of nitrogens with two attached hydrogens (primary N) is 1. The summed E-state index contributed by atoms with van der Waals surface area (Å²) in [5, 5.41) is 5.23. The molecule has 0 radical (unpaired) electrons. The molecular formula is C23H31N3O4S. The van der Waals surface area contributed by atoms with E-state index in [9.17, 15) is 13.2 Å². The highest BCUT2D eigenvalue weighted by molar-refractivity contribution is 7.89. The van der Waals surface area contributed by atoms with Crippen LogP contribution in [0.15, 0.2) is 53.4 Å². The number of rotatable bonds is 10. The molecule has 1 heterocycles. The van der Waals surface area contributed by atoms with Crippen LogP contribution < -0.4 is 14.8 Å². The van der Waals surface area contributed by atoms with E-state index in [1.54, 1.807) is 6.07 Å². The molecule has 1 fully saturated rings. The van der Waals surface area contributed by atoms with Crippen molar-refractivity contribution >= 4 is 21.5 Å². The van der Waals surface area contributed by atoms with Gasteiger partial charge in [0.2, 0.25) is 10.0 Å². The summed E-state index contributed by atoms with van der Waals surface area (Å²) in [4.78, 5) is 17.2. The summed E-state index contributed by atoms with van der Waals surface area (Å²) < 4.78 is 28.5. The molecule has 1 aliphatic rings. The summed E-state index contributed by atoms with van der Waals surface area (Å²) in [6.45, 7) is 5.21. The Morgan fingerprint density at radius 2 is 1.71 bits per heavy atom. The van der Waals surface area contributed by atoms with Gasteiger partial charge in [0.25, 0.3) is 0 Å². The minimum Gasteiger partial charge on any atom is -0.495 e. The van der Waals surface area contributed by atoms with E-state index in [-0.39, 0.29) is 16.4 Å². The van der Waals surface area contributed by atoms with Crippen molar-refractivity contribution in [2.75, 3.05) is 44.7 Å². The van der Waals surface area contributed by atoms with Crippen molar-refractivity contribution in [2.24, 2.45) is 5.14 Å². The van der Waals surface area contributed by atoms with E-state index < -0.39 is 10.0 Å². The van der Waals surface area contributed by atoms with Crippen molar-refractivity contribution in [1.29, 1.82) is 0 Å². The molecular weight excluding hydrogens is 414 g/mol. The Kier molecular flexibility index (Phi) is 8.06. The summed E-state index contributed by atoms with van der Waals surface area (Å²) in [6.07, 6.45) is 3.17. The SMILES string of the molecule is COc1ccc(C(=O)CCCCCN2CCN(c3ccccc3)CC2)cc1S(N)(=O)=O. The van der Waals surface area contributed by atoms with Crippen molar-refractivity contribution < 1.29 is 17.9 Å². The summed E-state index contributed by atoms with van der Waals surface area (Å²) in [7, 11) is -2.58. The van der Waals surface area contributed by atoms with Gasteiger partial charge in [0.15, 0.2) is 5.78 Å². The van der Waals surface area contributed by atoms with Crippen LogP contribution in [0.5, 0.6) is 5.75 Å². The van der Waals surface area contributed by atoms with Crippen LogP contribution in [0, 0.1) is 0 Å². The average Bonchev–Trinajstić information content (AvgIpc) is 2.78. The maximum Gasteiger partial charge on any atom is 0.241 e. The Hall–Kier alpha value is -2.42. The average molecular weight is 446 g/mol. The number of para-hydroxylation sites is 1. The number of ether oxygens (including phenoxy) is 1. The van der Waals surface area contributed by atoms with E-state index in [0.717, 1.165) is 52.0 Å². The fourth-order valence-corrected chi connectivity index (χ4v) is 4.61. The molecule has 168 valence electrons. The molecule has 1 saturated heterocycles. The van der Waals surface area contributed by atoms with Crippen LogP contribution >= 0.6 is 0 Å².